The number of rotatable bonds is 5. The first kappa shape index (κ1) is 13.4. The van der Waals surface area contributed by atoms with E-state index >= 15 is 0 Å². The van der Waals surface area contributed by atoms with Gasteiger partial charge in [-0.25, -0.2) is 0 Å². The summed E-state index contributed by atoms with van der Waals surface area (Å²) < 4.78 is 0. The van der Waals surface area contributed by atoms with E-state index in [0.29, 0.717) is 0 Å². The van der Waals surface area contributed by atoms with Gasteiger partial charge in [0.1, 0.15) is 0 Å². The van der Waals surface area contributed by atoms with Crippen LogP contribution in [0.1, 0.15) is 57.8 Å². The van der Waals surface area contributed by atoms with Crippen LogP contribution in [0, 0.1) is 5.92 Å². The van der Waals surface area contributed by atoms with Crippen LogP contribution in [-0.2, 0) is 0 Å². The molecule has 2 saturated carbocycles. The van der Waals surface area contributed by atoms with Crippen LogP contribution in [0.5, 0.6) is 0 Å². The van der Waals surface area contributed by atoms with E-state index in [9.17, 15) is 0 Å². The van der Waals surface area contributed by atoms with Crippen molar-refractivity contribution in [3.63, 3.8) is 0 Å². The van der Waals surface area contributed by atoms with Gasteiger partial charge < -0.3 is 10.2 Å². The number of nitrogens with one attached hydrogen (secondary N) is 1. The van der Waals surface area contributed by atoms with Crippen molar-refractivity contribution in [1.82, 2.24) is 10.2 Å². The maximum absolute atomic E-state index is 3.50. The third kappa shape index (κ3) is 3.69. The molecule has 0 bridgehead atoms. The van der Waals surface area contributed by atoms with Gasteiger partial charge in [0.15, 0.2) is 0 Å². The summed E-state index contributed by atoms with van der Waals surface area (Å²) in [7, 11) is 4.48. The maximum atomic E-state index is 3.50. The van der Waals surface area contributed by atoms with E-state index in [4.69, 9.17) is 0 Å². The minimum atomic E-state index is 0.801. The minimum absolute atomic E-state index is 0.801. The molecule has 0 amide bonds. The molecule has 0 aliphatic heterocycles. The Kier molecular flexibility index (Phi) is 5.30. The number of hydrogen-bond acceptors (Lipinski definition) is 2. The van der Waals surface area contributed by atoms with E-state index in [1.54, 1.807) is 0 Å². The average molecular weight is 238 g/mol. The molecule has 2 nitrogen and oxygen atoms in total. The zero-order valence-electron chi connectivity index (χ0n) is 11.8. The van der Waals surface area contributed by atoms with Gasteiger partial charge in [0.25, 0.3) is 0 Å². The van der Waals surface area contributed by atoms with Crippen molar-refractivity contribution in [2.45, 2.75) is 69.9 Å². The van der Waals surface area contributed by atoms with Crippen LogP contribution in [0.2, 0.25) is 0 Å². The van der Waals surface area contributed by atoms with Crippen molar-refractivity contribution < 1.29 is 0 Å². The van der Waals surface area contributed by atoms with Crippen molar-refractivity contribution in [3.05, 3.63) is 0 Å². The zero-order valence-corrected chi connectivity index (χ0v) is 11.8. The van der Waals surface area contributed by atoms with E-state index < -0.39 is 0 Å². The third-order valence-electron chi connectivity index (χ3n) is 5.08. The molecule has 0 aromatic heterocycles. The van der Waals surface area contributed by atoms with Gasteiger partial charge in [0.05, 0.1) is 0 Å². The molecule has 2 unspecified atom stereocenters. The molecule has 1 N–H and O–H groups in total. The van der Waals surface area contributed by atoms with Crippen molar-refractivity contribution >= 4 is 0 Å². The quantitative estimate of drug-likeness (QED) is 0.792. The first-order valence-corrected chi connectivity index (χ1v) is 7.68. The van der Waals surface area contributed by atoms with E-state index in [2.05, 4.69) is 24.3 Å². The van der Waals surface area contributed by atoms with Crippen LogP contribution in [0.25, 0.3) is 0 Å². The summed E-state index contributed by atoms with van der Waals surface area (Å²) in [6.45, 7) is 1.31. The third-order valence-corrected chi connectivity index (χ3v) is 5.08. The van der Waals surface area contributed by atoms with Crippen LogP contribution < -0.4 is 5.32 Å². The molecular weight excluding hydrogens is 208 g/mol. The molecule has 17 heavy (non-hydrogen) atoms. The Morgan fingerprint density at radius 3 is 2.47 bits per heavy atom. The fourth-order valence-electron chi connectivity index (χ4n) is 3.84. The summed E-state index contributed by atoms with van der Waals surface area (Å²) in [5.41, 5.74) is 0. The SMILES string of the molecule is CNC1CCCC1CCN(C)C1CCCCC1. The summed E-state index contributed by atoms with van der Waals surface area (Å²) in [6.07, 6.45) is 12.9. The molecule has 0 heterocycles. The second kappa shape index (κ2) is 6.75. The van der Waals surface area contributed by atoms with Gasteiger partial charge in [0, 0.05) is 12.1 Å². The highest BCUT2D eigenvalue weighted by Crippen LogP contribution is 2.29. The Morgan fingerprint density at radius 1 is 1.00 bits per heavy atom. The highest BCUT2D eigenvalue weighted by molar-refractivity contribution is 4.83. The van der Waals surface area contributed by atoms with Gasteiger partial charge in [-0.1, -0.05) is 25.7 Å². The first-order chi connectivity index (χ1) is 8.31. The predicted octanol–water partition coefficient (Wildman–Crippen LogP) is 3.03. The van der Waals surface area contributed by atoms with Crippen molar-refractivity contribution in [3.8, 4) is 0 Å². The lowest BCUT2D eigenvalue weighted by Crippen LogP contribution is -2.37. The Balaban J connectivity index is 1.69. The van der Waals surface area contributed by atoms with Gasteiger partial charge in [-0.05, 0) is 58.7 Å². The fourth-order valence-corrected chi connectivity index (χ4v) is 3.84. The summed E-state index contributed by atoms with van der Waals surface area (Å²) in [4.78, 5) is 2.64. The predicted molar refractivity (Wildman–Crippen MR) is 74.3 cm³/mol. The van der Waals surface area contributed by atoms with Gasteiger partial charge in [-0.3, -0.25) is 0 Å². The molecule has 2 atom stereocenters. The van der Waals surface area contributed by atoms with Crippen LogP contribution in [-0.4, -0.2) is 37.6 Å². The molecule has 0 saturated heterocycles. The number of nitrogens with zero attached hydrogens (tertiary/aromatic N) is 1. The first-order valence-electron chi connectivity index (χ1n) is 7.68. The topological polar surface area (TPSA) is 15.3 Å². The Morgan fingerprint density at radius 2 is 1.76 bits per heavy atom. The molecule has 2 aliphatic rings. The molecular formula is C15H30N2. The largest absolute Gasteiger partial charge is 0.317 e. The summed E-state index contributed by atoms with van der Waals surface area (Å²) in [5, 5.41) is 3.50. The van der Waals surface area contributed by atoms with Crippen LogP contribution in [0.3, 0.4) is 0 Å². The molecule has 100 valence electrons. The highest BCUT2D eigenvalue weighted by Gasteiger charge is 2.26. The lowest BCUT2D eigenvalue weighted by Gasteiger charge is -2.32. The molecule has 0 spiro atoms. The summed E-state index contributed by atoms with van der Waals surface area (Å²) in [6, 6.07) is 1.69. The van der Waals surface area contributed by atoms with Crippen molar-refractivity contribution in [2.24, 2.45) is 5.92 Å². The lowest BCUT2D eigenvalue weighted by atomic mass is 9.93. The highest BCUT2D eigenvalue weighted by atomic mass is 15.1. The summed E-state index contributed by atoms with van der Waals surface area (Å²) >= 11 is 0. The monoisotopic (exact) mass is 238 g/mol. The zero-order chi connectivity index (χ0) is 12.1. The van der Waals surface area contributed by atoms with E-state index in [-0.39, 0.29) is 0 Å². The Bertz CT molecular complexity index is 211. The van der Waals surface area contributed by atoms with Crippen LogP contribution >= 0.6 is 0 Å². The van der Waals surface area contributed by atoms with E-state index in [1.807, 2.05) is 0 Å². The molecule has 0 aromatic carbocycles. The second-order valence-corrected chi connectivity index (χ2v) is 6.15. The fraction of sp³-hybridized carbons (Fsp3) is 1.00. The molecule has 0 radical (unpaired) electrons. The second-order valence-electron chi connectivity index (χ2n) is 6.15. The molecule has 2 heteroatoms. The van der Waals surface area contributed by atoms with Gasteiger partial charge in [-0.15, -0.1) is 0 Å². The average Bonchev–Trinajstić information content (AvgIpc) is 2.84. The maximum Gasteiger partial charge on any atom is 0.00928 e. The van der Waals surface area contributed by atoms with E-state index in [1.165, 1.54) is 64.3 Å². The van der Waals surface area contributed by atoms with Gasteiger partial charge in [0.2, 0.25) is 0 Å². The van der Waals surface area contributed by atoms with Crippen LogP contribution in [0.4, 0.5) is 0 Å². The molecule has 0 aromatic rings. The van der Waals surface area contributed by atoms with Gasteiger partial charge >= 0.3 is 0 Å². The molecule has 2 rings (SSSR count). The summed E-state index contributed by atoms with van der Waals surface area (Å²) in [5.74, 6) is 0.936. The molecule has 2 fully saturated rings. The van der Waals surface area contributed by atoms with Crippen LogP contribution in [0.15, 0.2) is 0 Å². The Labute approximate surface area is 107 Å². The standard InChI is InChI=1S/C15H30N2/c1-16-15-10-6-7-13(15)11-12-17(2)14-8-4-3-5-9-14/h13-16H,3-12H2,1-2H3. The lowest BCUT2D eigenvalue weighted by molar-refractivity contribution is 0.177. The minimum Gasteiger partial charge on any atom is -0.317 e. The Hall–Kier alpha value is -0.0800. The smallest absolute Gasteiger partial charge is 0.00928 e. The number of hydrogen-bond donors (Lipinski definition) is 1. The van der Waals surface area contributed by atoms with E-state index in [0.717, 1.165) is 18.0 Å². The van der Waals surface area contributed by atoms with Crippen molar-refractivity contribution in [2.75, 3.05) is 20.6 Å². The normalized spacial score (nSPS) is 31.2. The van der Waals surface area contributed by atoms with Gasteiger partial charge in [-0.2, -0.15) is 0 Å². The van der Waals surface area contributed by atoms with Crippen molar-refractivity contribution in [1.29, 1.82) is 0 Å². The molecule has 2 aliphatic carbocycles.